The van der Waals surface area contributed by atoms with Crippen molar-refractivity contribution >= 4 is 17.6 Å². The highest BCUT2D eigenvalue weighted by molar-refractivity contribution is 5.75. The van der Waals surface area contributed by atoms with Crippen molar-refractivity contribution in [2.45, 2.75) is 12.5 Å². The SMILES string of the molecule is O=C(O)CNC(Cc1ccc([N+](=O)[O-])cc1)C(=O)O. The maximum Gasteiger partial charge on any atom is 0.321 e. The molecule has 0 heterocycles. The average Bonchev–Trinajstić information content (AvgIpc) is 2.34. The number of hydrogen-bond acceptors (Lipinski definition) is 5. The Bertz CT molecular complexity index is 484. The Balaban J connectivity index is 2.70. The maximum atomic E-state index is 10.9. The normalized spacial score (nSPS) is 11.8. The molecule has 102 valence electrons. The summed E-state index contributed by atoms with van der Waals surface area (Å²) in [5, 5.41) is 30.2. The van der Waals surface area contributed by atoms with Crippen LogP contribution in [0.4, 0.5) is 5.69 Å². The van der Waals surface area contributed by atoms with Gasteiger partial charge in [0.1, 0.15) is 6.04 Å². The second-order valence-corrected chi connectivity index (χ2v) is 3.79. The third-order valence-electron chi connectivity index (χ3n) is 2.38. The van der Waals surface area contributed by atoms with Gasteiger partial charge >= 0.3 is 11.9 Å². The van der Waals surface area contributed by atoms with Crippen molar-refractivity contribution in [2.75, 3.05) is 6.54 Å². The van der Waals surface area contributed by atoms with Gasteiger partial charge in [-0.2, -0.15) is 0 Å². The fourth-order valence-electron chi connectivity index (χ4n) is 1.45. The minimum Gasteiger partial charge on any atom is -0.480 e. The Morgan fingerprint density at radius 1 is 1.26 bits per heavy atom. The molecule has 0 spiro atoms. The third-order valence-corrected chi connectivity index (χ3v) is 2.38. The smallest absolute Gasteiger partial charge is 0.321 e. The van der Waals surface area contributed by atoms with Crippen molar-refractivity contribution in [3.63, 3.8) is 0 Å². The Morgan fingerprint density at radius 2 is 1.84 bits per heavy atom. The molecule has 0 aliphatic heterocycles. The van der Waals surface area contributed by atoms with Crippen LogP contribution in [0.15, 0.2) is 24.3 Å². The lowest BCUT2D eigenvalue weighted by Crippen LogP contribution is -2.41. The molecule has 0 aliphatic rings. The highest BCUT2D eigenvalue weighted by Crippen LogP contribution is 2.13. The number of nitro benzene ring substituents is 1. The summed E-state index contributed by atoms with van der Waals surface area (Å²) >= 11 is 0. The van der Waals surface area contributed by atoms with Gasteiger partial charge < -0.3 is 10.2 Å². The number of carbonyl (C=O) groups is 2. The van der Waals surface area contributed by atoms with E-state index in [0.717, 1.165) is 0 Å². The van der Waals surface area contributed by atoms with Crippen LogP contribution >= 0.6 is 0 Å². The lowest BCUT2D eigenvalue weighted by atomic mass is 10.1. The molecule has 0 saturated heterocycles. The first-order valence-electron chi connectivity index (χ1n) is 5.31. The quantitative estimate of drug-likeness (QED) is 0.477. The van der Waals surface area contributed by atoms with E-state index >= 15 is 0 Å². The lowest BCUT2D eigenvalue weighted by molar-refractivity contribution is -0.384. The second kappa shape index (κ2) is 6.45. The molecular weight excluding hydrogens is 256 g/mol. The van der Waals surface area contributed by atoms with Crippen molar-refractivity contribution in [3.05, 3.63) is 39.9 Å². The van der Waals surface area contributed by atoms with Gasteiger partial charge in [-0.1, -0.05) is 12.1 Å². The van der Waals surface area contributed by atoms with Crippen LogP contribution in [0.3, 0.4) is 0 Å². The van der Waals surface area contributed by atoms with Crippen molar-refractivity contribution < 1.29 is 24.7 Å². The number of nitrogens with one attached hydrogen (secondary N) is 1. The number of hydrogen-bond donors (Lipinski definition) is 3. The summed E-state index contributed by atoms with van der Waals surface area (Å²) in [5.41, 5.74) is 0.477. The molecule has 1 aromatic rings. The number of nitrogens with zero attached hydrogens (tertiary/aromatic N) is 1. The number of benzene rings is 1. The first-order valence-corrected chi connectivity index (χ1v) is 5.31. The Labute approximate surface area is 107 Å². The second-order valence-electron chi connectivity index (χ2n) is 3.79. The Kier molecular flexibility index (Phi) is 4.95. The molecule has 19 heavy (non-hydrogen) atoms. The summed E-state index contributed by atoms with van der Waals surface area (Å²) in [5.74, 6) is -2.34. The van der Waals surface area contributed by atoms with Crippen LogP contribution in [0.5, 0.6) is 0 Å². The third kappa shape index (κ3) is 4.72. The summed E-state index contributed by atoms with van der Waals surface area (Å²) < 4.78 is 0. The van der Waals surface area contributed by atoms with Crippen LogP contribution in [0.25, 0.3) is 0 Å². The van der Waals surface area contributed by atoms with E-state index in [1.807, 2.05) is 0 Å². The molecule has 1 unspecified atom stereocenters. The number of rotatable bonds is 7. The molecule has 0 amide bonds. The van der Waals surface area contributed by atoms with Crippen LogP contribution in [-0.4, -0.2) is 39.7 Å². The largest absolute Gasteiger partial charge is 0.480 e. The van der Waals surface area contributed by atoms with Crippen LogP contribution in [0.1, 0.15) is 5.56 Å². The highest BCUT2D eigenvalue weighted by Gasteiger charge is 2.18. The van der Waals surface area contributed by atoms with Gasteiger partial charge in [0.05, 0.1) is 11.5 Å². The molecule has 0 aliphatic carbocycles. The van der Waals surface area contributed by atoms with Gasteiger partial charge in [0, 0.05) is 12.1 Å². The van der Waals surface area contributed by atoms with Crippen molar-refractivity contribution in [2.24, 2.45) is 0 Å². The molecule has 0 radical (unpaired) electrons. The highest BCUT2D eigenvalue weighted by atomic mass is 16.6. The average molecular weight is 268 g/mol. The van der Waals surface area contributed by atoms with Gasteiger partial charge in [-0.15, -0.1) is 0 Å². The number of nitro groups is 1. The van der Waals surface area contributed by atoms with Gasteiger partial charge in [0.25, 0.3) is 5.69 Å². The fraction of sp³-hybridized carbons (Fsp3) is 0.273. The number of non-ortho nitro benzene ring substituents is 1. The molecule has 0 saturated carbocycles. The molecule has 8 heteroatoms. The van der Waals surface area contributed by atoms with E-state index in [1.54, 1.807) is 0 Å². The van der Waals surface area contributed by atoms with Gasteiger partial charge in [0.15, 0.2) is 0 Å². The van der Waals surface area contributed by atoms with Gasteiger partial charge in [0.2, 0.25) is 0 Å². The summed E-state index contributed by atoms with van der Waals surface area (Å²) in [4.78, 5) is 31.2. The predicted molar refractivity (Wildman–Crippen MR) is 63.9 cm³/mol. The Hall–Kier alpha value is -2.48. The number of carboxylic acids is 2. The lowest BCUT2D eigenvalue weighted by Gasteiger charge is -2.12. The Morgan fingerprint density at radius 3 is 2.26 bits per heavy atom. The zero-order valence-electron chi connectivity index (χ0n) is 9.78. The monoisotopic (exact) mass is 268 g/mol. The predicted octanol–water partition coefficient (Wildman–Crippen LogP) is 0.265. The number of aliphatic carboxylic acids is 2. The zero-order valence-corrected chi connectivity index (χ0v) is 9.78. The first-order chi connectivity index (χ1) is 8.90. The minimum absolute atomic E-state index is 0.0423. The van der Waals surface area contributed by atoms with Gasteiger partial charge in [-0.25, -0.2) is 0 Å². The van der Waals surface area contributed by atoms with Gasteiger partial charge in [-0.05, 0) is 12.0 Å². The van der Waals surface area contributed by atoms with Crippen LogP contribution in [0.2, 0.25) is 0 Å². The molecule has 8 nitrogen and oxygen atoms in total. The van der Waals surface area contributed by atoms with Crippen molar-refractivity contribution in [3.8, 4) is 0 Å². The molecule has 0 fully saturated rings. The zero-order chi connectivity index (χ0) is 14.4. The van der Waals surface area contributed by atoms with Crippen LogP contribution in [-0.2, 0) is 16.0 Å². The van der Waals surface area contributed by atoms with Crippen molar-refractivity contribution in [1.29, 1.82) is 0 Å². The maximum absolute atomic E-state index is 10.9. The summed E-state index contributed by atoms with van der Waals surface area (Å²) in [6.45, 7) is -0.468. The first kappa shape index (κ1) is 14.6. The fourth-order valence-corrected chi connectivity index (χ4v) is 1.45. The molecule has 1 atom stereocenters. The minimum atomic E-state index is -1.18. The van der Waals surface area contributed by atoms with E-state index < -0.39 is 29.4 Å². The molecule has 1 aromatic carbocycles. The molecule has 3 N–H and O–H groups in total. The van der Waals surface area contributed by atoms with Crippen molar-refractivity contribution in [1.82, 2.24) is 5.32 Å². The van der Waals surface area contributed by atoms with Crippen LogP contribution < -0.4 is 5.32 Å². The van der Waals surface area contributed by atoms with E-state index in [4.69, 9.17) is 10.2 Å². The van der Waals surface area contributed by atoms with E-state index in [9.17, 15) is 19.7 Å². The standard InChI is InChI=1S/C11H12N2O6/c14-10(15)6-12-9(11(16)17)5-7-1-3-8(4-2-7)13(18)19/h1-4,9,12H,5-6H2,(H,14,15)(H,16,17). The van der Waals surface area contributed by atoms with Gasteiger partial charge in [-0.3, -0.25) is 25.0 Å². The van der Waals surface area contributed by atoms with E-state index in [-0.39, 0.29) is 12.1 Å². The van der Waals surface area contributed by atoms with E-state index in [2.05, 4.69) is 5.32 Å². The molecular formula is C11H12N2O6. The summed E-state index contributed by atoms with van der Waals surface area (Å²) in [7, 11) is 0. The molecule has 0 aromatic heterocycles. The summed E-state index contributed by atoms with van der Waals surface area (Å²) in [6.07, 6.45) is 0.0423. The summed E-state index contributed by atoms with van der Waals surface area (Å²) in [6, 6.07) is 4.36. The molecule has 1 rings (SSSR count). The van der Waals surface area contributed by atoms with Crippen LogP contribution in [0, 0.1) is 10.1 Å². The topological polar surface area (TPSA) is 130 Å². The number of carboxylic acid groups (broad SMARTS) is 2. The van der Waals surface area contributed by atoms with E-state index in [1.165, 1.54) is 24.3 Å². The molecule has 0 bridgehead atoms. The van der Waals surface area contributed by atoms with E-state index in [0.29, 0.717) is 5.56 Å².